The fourth-order valence-corrected chi connectivity index (χ4v) is 3.40. The van der Waals surface area contributed by atoms with Crippen molar-refractivity contribution in [3.8, 4) is 0 Å². The lowest BCUT2D eigenvalue weighted by molar-refractivity contribution is 0.0600. The van der Waals surface area contributed by atoms with Gasteiger partial charge in [-0.3, -0.25) is 0 Å². The topological polar surface area (TPSA) is 83.9 Å². The third-order valence-electron chi connectivity index (χ3n) is 2.78. The Morgan fingerprint density at radius 1 is 1.30 bits per heavy atom. The van der Waals surface area contributed by atoms with Crippen LogP contribution in [0.1, 0.15) is 24.2 Å². The van der Waals surface area contributed by atoms with E-state index < -0.39 is 16.0 Å². The average Bonchev–Trinajstić information content (AvgIpc) is 2.43. The lowest BCUT2D eigenvalue weighted by Gasteiger charge is -2.25. The molecule has 0 fully saturated rings. The van der Waals surface area contributed by atoms with Crippen LogP contribution < -0.4 is 0 Å². The van der Waals surface area contributed by atoms with E-state index in [0.29, 0.717) is 0 Å². The number of methoxy groups -OCH3 is 1. The number of carbonyl (C=O) groups excluding carboxylic acids is 1. The van der Waals surface area contributed by atoms with E-state index in [0.717, 1.165) is 0 Å². The number of ether oxygens (including phenoxy) is 1. The molecule has 6 nitrogen and oxygen atoms in total. The summed E-state index contributed by atoms with van der Waals surface area (Å²) in [4.78, 5) is 11.4. The number of rotatable bonds is 6. The zero-order valence-electron chi connectivity index (χ0n) is 11.7. The van der Waals surface area contributed by atoms with Crippen molar-refractivity contribution in [3.05, 3.63) is 29.8 Å². The molecule has 0 aliphatic heterocycles. The SMILES string of the molecule is COC(=O)c1ccc(S(=O)(=O)N(CCO)C(C)C)cc1. The van der Waals surface area contributed by atoms with E-state index in [2.05, 4.69) is 4.74 Å². The van der Waals surface area contributed by atoms with Crippen molar-refractivity contribution < 1.29 is 23.1 Å². The van der Waals surface area contributed by atoms with Gasteiger partial charge in [0.05, 0.1) is 24.2 Å². The lowest BCUT2D eigenvalue weighted by atomic mass is 10.2. The molecular formula is C13H19NO5S. The van der Waals surface area contributed by atoms with Gasteiger partial charge in [-0.05, 0) is 38.1 Å². The molecule has 0 atom stereocenters. The van der Waals surface area contributed by atoms with Crippen LogP contribution in [0.15, 0.2) is 29.2 Å². The number of nitrogens with zero attached hydrogens (tertiary/aromatic N) is 1. The molecule has 0 saturated heterocycles. The summed E-state index contributed by atoms with van der Waals surface area (Å²) in [6.07, 6.45) is 0. The lowest BCUT2D eigenvalue weighted by Crippen LogP contribution is -2.38. The predicted molar refractivity (Wildman–Crippen MR) is 73.9 cm³/mol. The average molecular weight is 301 g/mol. The van der Waals surface area contributed by atoms with E-state index in [-0.39, 0.29) is 29.7 Å². The second kappa shape index (κ2) is 6.83. The maximum atomic E-state index is 12.4. The van der Waals surface area contributed by atoms with Gasteiger partial charge < -0.3 is 9.84 Å². The molecule has 7 heteroatoms. The van der Waals surface area contributed by atoms with Crippen molar-refractivity contribution in [2.24, 2.45) is 0 Å². The highest BCUT2D eigenvalue weighted by Gasteiger charge is 2.26. The Morgan fingerprint density at radius 2 is 1.85 bits per heavy atom. The molecule has 0 radical (unpaired) electrons. The fourth-order valence-electron chi connectivity index (χ4n) is 1.77. The summed E-state index contributed by atoms with van der Waals surface area (Å²) in [6.45, 7) is 3.24. The van der Waals surface area contributed by atoms with E-state index in [9.17, 15) is 13.2 Å². The third kappa shape index (κ3) is 3.56. The first-order chi connectivity index (χ1) is 9.34. The van der Waals surface area contributed by atoms with Gasteiger partial charge in [0.2, 0.25) is 10.0 Å². The van der Waals surface area contributed by atoms with Gasteiger partial charge in [0.25, 0.3) is 0 Å². The highest BCUT2D eigenvalue weighted by molar-refractivity contribution is 7.89. The highest BCUT2D eigenvalue weighted by atomic mass is 32.2. The molecule has 112 valence electrons. The summed E-state index contributed by atoms with van der Waals surface area (Å²) in [7, 11) is -2.43. The normalized spacial score (nSPS) is 11.9. The van der Waals surface area contributed by atoms with Crippen molar-refractivity contribution >= 4 is 16.0 Å². The van der Waals surface area contributed by atoms with Crippen LogP contribution in [0.4, 0.5) is 0 Å². The van der Waals surface area contributed by atoms with E-state index in [1.165, 1.54) is 35.7 Å². The predicted octanol–water partition coefficient (Wildman–Crippen LogP) is 0.865. The van der Waals surface area contributed by atoms with Crippen molar-refractivity contribution in [3.63, 3.8) is 0 Å². The molecule has 1 rings (SSSR count). The van der Waals surface area contributed by atoms with E-state index in [1.807, 2.05) is 0 Å². The number of aliphatic hydroxyl groups excluding tert-OH is 1. The van der Waals surface area contributed by atoms with Crippen molar-refractivity contribution in [2.45, 2.75) is 24.8 Å². The second-order valence-electron chi connectivity index (χ2n) is 4.45. The Balaban J connectivity index is 3.12. The van der Waals surface area contributed by atoms with E-state index in [4.69, 9.17) is 5.11 Å². The van der Waals surface area contributed by atoms with Crippen molar-refractivity contribution in [2.75, 3.05) is 20.3 Å². The molecule has 0 bridgehead atoms. The largest absolute Gasteiger partial charge is 0.465 e. The molecule has 0 amide bonds. The molecular weight excluding hydrogens is 282 g/mol. The van der Waals surface area contributed by atoms with Gasteiger partial charge in [0.15, 0.2) is 0 Å². The van der Waals surface area contributed by atoms with Crippen LogP contribution >= 0.6 is 0 Å². The minimum absolute atomic E-state index is 0.0265. The molecule has 0 aromatic heterocycles. The smallest absolute Gasteiger partial charge is 0.337 e. The molecule has 0 spiro atoms. The summed E-state index contributed by atoms with van der Waals surface area (Å²) in [6, 6.07) is 5.24. The Morgan fingerprint density at radius 3 is 2.25 bits per heavy atom. The Hall–Kier alpha value is -1.44. The van der Waals surface area contributed by atoms with Crippen LogP contribution in [0.5, 0.6) is 0 Å². The summed E-state index contributed by atoms with van der Waals surface area (Å²) in [5, 5.41) is 8.98. The highest BCUT2D eigenvalue weighted by Crippen LogP contribution is 2.18. The van der Waals surface area contributed by atoms with Crippen LogP contribution in [0, 0.1) is 0 Å². The first-order valence-corrected chi connectivity index (χ1v) is 7.59. The van der Waals surface area contributed by atoms with E-state index >= 15 is 0 Å². The number of aliphatic hydroxyl groups is 1. The quantitative estimate of drug-likeness (QED) is 0.788. The van der Waals surface area contributed by atoms with Crippen LogP contribution in [-0.2, 0) is 14.8 Å². The van der Waals surface area contributed by atoms with Gasteiger partial charge in [-0.15, -0.1) is 0 Å². The second-order valence-corrected chi connectivity index (χ2v) is 6.34. The van der Waals surface area contributed by atoms with Gasteiger partial charge in [0.1, 0.15) is 0 Å². The van der Waals surface area contributed by atoms with Gasteiger partial charge >= 0.3 is 5.97 Å². The van der Waals surface area contributed by atoms with Crippen molar-refractivity contribution in [1.82, 2.24) is 4.31 Å². The summed E-state index contributed by atoms with van der Waals surface area (Å²) < 4.78 is 30.6. The number of esters is 1. The Kier molecular flexibility index (Phi) is 5.67. The van der Waals surface area contributed by atoms with Crippen LogP contribution in [0.2, 0.25) is 0 Å². The van der Waals surface area contributed by atoms with Crippen LogP contribution in [-0.4, -0.2) is 50.1 Å². The third-order valence-corrected chi connectivity index (χ3v) is 4.87. The first kappa shape index (κ1) is 16.6. The number of benzene rings is 1. The van der Waals surface area contributed by atoms with E-state index in [1.54, 1.807) is 13.8 Å². The number of carbonyl (C=O) groups is 1. The van der Waals surface area contributed by atoms with Crippen LogP contribution in [0.3, 0.4) is 0 Å². The first-order valence-electron chi connectivity index (χ1n) is 6.15. The summed E-state index contributed by atoms with van der Waals surface area (Å²) >= 11 is 0. The number of hydrogen-bond donors (Lipinski definition) is 1. The minimum atomic E-state index is -3.69. The molecule has 1 aromatic carbocycles. The molecule has 1 aromatic rings. The van der Waals surface area contributed by atoms with Gasteiger partial charge in [-0.2, -0.15) is 4.31 Å². The fraction of sp³-hybridized carbons (Fsp3) is 0.462. The number of sulfonamides is 1. The number of hydrogen-bond acceptors (Lipinski definition) is 5. The molecule has 0 saturated carbocycles. The maximum absolute atomic E-state index is 12.4. The Bertz CT molecular complexity index is 551. The minimum Gasteiger partial charge on any atom is -0.465 e. The standard InChI is InChI=1S/C13H19NO5S/c1-10(2)14(8-9-15)20(17,18)12-6-4-11(5-7-12)13(16)19-3/h4-7,10,15H,8-9H2,1-3H3. The van der Waals surface area contributed by atoms with Gasteiger partial charge in [-0.25, -0.2) is 13.2 Å². The molecule has 0 aliphatic carbocycles. The van der Waals surface area contributed by atoms with Crippen LogP contribution in [0.25, 0.3) is 0 Å². The monoisotopic (exact) mass is 301 g/mol. The van der Waals surface area contributed by atoms with Crippen molar-refractivity contribution in [1.29, 1.82) is 0 Å². The zero-order chi connectivity index (χ0) is 15.3. The summed E-state index contributed by atoms with van der Waals surface area (Å²) in [5.41, 5.74) is 0.282. The summed E-state index contributed by atoms with van der Waals surface area (Å²) in [5.74, 6) is -0.523. The zero-order valence-corrected chi connectivity index (χ0v) is 12.6. The molecule has 0 aliphatic rings. The Labute approximate surface area is 119 Å². The molecule has 1 N–H and O–H groups in total. The molecule has 20 heavy (non-hydrogen) atoms. The van der Waals surface area contributed by atoms with Gasteiger partial charge in [-0.1, -0.05) is 0 Å². The molecule has 0 heterocycles. The van der Waals surface area contributed by atoms with Gasteiger partial charge in [0, 0.05) is 12.6 Å². The maximum Gasteiger partial charge on any atom is 0.337 e. The molecule has 0 unspecified atom stereocenters.